The number of hydrogen-bond donors (Lipinski definition) is 2. The van der Waals surface area contributed by atoms with E-state index in [0.717, 1.165) is 22.3 Å². The highest BCUT2D eigenvalue weighted by atomic mass is 32.2. The zero-order valence-electron chi connectivity index (χ0n) is 14.6. The van der Waals surface area contributed by atoms with E-state index in [1.165, 1.54) is 13.2 Å². The first-order valence-corrected chi connectivity index (χ1v) is 9.14. The number of amides is 2. The average molecular weight is 400 g/mol. The molecule has 138 valence electrons. The molecule has 2 aromatic rings. The van der Waals surface area contributed by atoms with Crippen LogP contribution in [0.4, 0.5) is 0 Å². The number of phenolic OH excluding ortho intramolecular Hbond substituents is 1. The molecule has 1 saturated heterocycles. The molecule has 0 radical (unpaired) electrons. The van der Waals surface area contributed by atoms with Crippen molar-refractivity contribution in [1.29, 1.82) is 0 Å². The number of phenols is 1. The fourth-order valence-corrected chi connectivity index (χ4v) is 3.55. The van der Waals surface area contributed by atoms with Gasteiger partial charge in [0.1, 0.15) is 0 Å². The van der Waals surface area contributed by atoms with E-state index >= 15 is 0 Å². The standard InChI is InChI=1S/C19H16N2O4S2/c1-11-3-6-13(7-4-11)17(23)20-21-18(24)16(27-19(21)26)10-12-5-8-14(22)15(9-12)25-2/h3-10,22H,1-2H3,(H,20,23). The molecule has 1 heterocycles. The lowest BCUT2D eigenvalue weighted by Crippen LogP contribution is -2.44. The first kappa shape index (κ1) is 18.9. The Bertz CT molecular complexity index is 955. The Labute approximate surface area is 165 Å². The van der Waals surface area contributed by atoms with Crippen LogP contribution in [0.3, 0.4) is 0 Å². The SMILES string of the molecule is COc1cc(C=C2SC(=S)N(NC(=O)c3ccc(C)cc3)C2=O)ccc1O. The quantitative estimate of drug-likeness (QED) is 0.606. The number of aromatic hydroxyl groups is 1. The van der Waals surface area contributed by atoms with Crippen LogP contribution in [0.5, 0.6) is 11.5 Å². The van der Waals surface area contributed by atoms with Crippen molar-refractivity contribution in [2.75, 3.05) is 7.11 Å². The summed E-state index contributed by atoms with van der Waals surface area (Å²) in [5, 5.41) is 10.7. The van der Waals surface area contributed by atoms with E-state index in [9.17, 15) is 14.7 Å². The summed E-state index contributed by atoms with van der Waals surface area (Å²) in [6.07, 6.45) is 1.62. The summed E-state index contributed by atoms with van der Waals surface area (Å²) in [4.78, 5) is 25.3. The zero-order valence-corrected chi connectivity index (χ0v) is 16.2. The zero-order chi connectivity index (χ0) is 19.6. The highest BCUT2D eigenvalue weighted by molar-refractivity contribution is 8.26. The Morgan fingerprint density at radius 3 is 2.63 bits per heavy atom. The highest BCUT2D eigenvalue weighted by Crippen LogP contribution is 2.33. The molecule has 0 spiro atoms. The third kappa shape index (κ3) is 4.12. The van der Waals surface area contributed by atoms with E-state index in [2.05, 4.69) is 5.43 Å². The topological polar surface area (TPSA) is 78.9 Å². The number of benzene rings is 2. The van der Waals surface area contributed by atoms with Crippen molar-refractivity contribution in [2.24, 2.45) is 0 Å². The molecule has 6 nitrogen and oxygen atoms in total. The van der Waals surface area contributed by atoms with Crippen LogP contribution in [0.25, 0.3) is 6.08 Å². The van der Waals surface area contributed by atoms with E-state index in [1.807, 2.05) is 19.1 Å². The van der Waals surface area contributed by atoms with Gasteiger partial charge >= 0.3 is 0 Å². The Balaban J connectivity index is 1.78. The van der Waals surface area contributed by atoms with Crippen LogP contribution in [0.2, 0.25) is 0 Å². The molecule has 0 saturated carbocycles. The summed E-state index contributed by atoms with van der Waals surface area (Å²) in [5.74, 6) is -0.532. The Hall–Kier alpha value is -2.84. The van der Waals surface area contributed by atoms with Crippen molar-refractivity contribution in [2.45, 2.75) is 6.92 Å². The van der Waals surface area contributed by atoms with Crippen molar-refractivity contribution >= 4 is 46.2 Å². The third-order valence-electron chi connectivity index (χ3n) is 3.82. The lowest BCUT2D eigenvalue weighted by molar-refractivity contribution is -0.123. The predicted molar refractivity (Wildman–Crippen MR) is 108 cm³/mol. The number of nitrogens with zero attached hydrogens (tertiary/aromatic N) is 1. The molecule has 0 aromatic heterocycles. The second-order valence-corrected chi connectivity index (χ2v) is 7.43. The first-order valence-electron chi connectivity index (χ1n) is 7.91. The second kappa shape index (κ2) is 7.81. The summed E-state index contributed by atoms with van der Waals surface area (Å²) in [6, 6.07) is 11.7. The number of methoxy groups -OCH3 is 1. The largest absolute Gasteiger partial charge is 0.504 e. The maximum atomic E-state index is 12.6. The van der Waals surface area contributed by atoms with Crippen LogP contribution >= 0.6 is 24.0 Å². The molecule has 1 fully saturated rings. The van der Waals surface area contributed by atoms with Gasteiger partial charge in [-0.15, -0.1) is 0 Å². The molecule has 2 N–H and O–H groups in total. The molecule has 1 aliphatic heterocycles. The van der Waals surface area contributed by atoms with Crippen molar-refractivity contribution in [3.8, 4) is 11.5 Å². The average Bonchev–Trinajstić information content (AvgIpc) is 2.91. The van der Waals surface area contributed by atoms with Gasteiger partial charge in [0.2, 0.25) is 0 Å². The first-order chi connectivity index (χ1) is 12.9. The molecular weight excluding hydrogens is 384 g/mol. The molecular formula is C19H16N2O4S2. The fourth-order valence-electron chi connectivity index (χ4n) is 2.37. The van der Waals surface area contributed by atoms with E-state index in [0.29, 0.717) is 21.8 Å². The summed E-state index contributed by atoms with van der Waals surface area (Å²) < 4.78 is 5.30. The van der Waals surface area contributed by atoms with Gasteiger partial charge in [0.15, 0.2) is 15.8 Å². The van der Waals surface area contributed by atoms with Gasteiger partial charge in [-0.3, -0.25) is 15.0 Å². The van der Waals surface area contributed by atoms with Crippen LogP contribution in [0, 0.1) is 6.92 Å². The summed E-state index contributed by atoms with van der Waals surface area (Å²) >= 11 is 6.30. The predicted octanol–water partition coefficient (Wildman–Crippen LogP) is 3.26. The van der Waals surface area contributed by atoms with Gasteiger partial charge in [0.25, 0.3) is 11.8 Å². The summed E-state index contributed by atoms with van der Waals surface area (Å²) in [6.45, 7) is 1.92. The smallest absolute Gasteiger partial charge is 0.285 e. The van der Waals surface area contributed by atoms with Crippen molar-refractivity contribution in [3.05, 3.63) is 64.1 Å². The number of hydrogen-bond acceptors (Lipinski definition) is 6. The third-order valence-corrected chi connectivity index (χ3v) is 5.12. The lowest BCUT2D eigenvalue weighted by atomic mass is 10.1. The van der Waals surface area contributed by atoms with Gasteiger partial charge in [0.05, 0.1) is 12.0 Å². The van der Waals surface area contributed by atoms with Crippen molar-refractivity contribution in [1.82, 2.24) is 10.4 Å². The van der Waals surface area contributed by atoms with Gasteiger partial charge in [0, 0.05) is 5.56 Å². The fraction of sp³-hybridized carbons (Fsp3) is 0.105. The number of aryl methyl sites for hydroxylation is 1. The van der Waals surface area contributed by atoms with Gasteiger partial charge in [-0.2, -0.15) is 5.01 Å². The lowest BCUT2D eigenvalue weighted by Gasteiger charge is -2.15. The van der Waals surface area contributed by atoms with Crippen molar-refractivity contribution < 1.29 is 19.4 Å². The molecule has 0 unspecified atom stereocenters. The normalized spacial score (nSPS) is 15.3. The number of thiocarbonyl (C=S) groups is 1. The van der Waals surface area contributed by atoms with E-state index in [4.69, 9.17) is 17.0 Å². The molecule has 2 aromatic carbocycles. The van der Waals surface area contributed by atoms with Crippen LogP contribution in [-0.4, -0.2) is 33.4 Å². The molecule has 0 atom stereocenters. The molecule has 8 heteroatoms. The van der Waals surface area contributed by atoms with Crippen LogP contribution in [0.15, 0.2) is 47.4 Å². The second-order valence-electron chi connectivity index (χ2n) is 5.76. The summed E-state index contributed by atoms with van der Waals surface area (Å²) in [5.41, 5.74) is 4.67. The molecule has 1 aliphatic rings. The number of rotatable bonds is 4. The van der Waals surface area contributed by atoms with Crippen molar-refractivity contribution in [3.63, 3.8) is 0 Å². The Kier molecular flexibility index (Phi) is 5.48. The maximum absolute atomic E-state index is 12.6. The van der Waals surface area contributed by atoms with Gasteiger partial charge in [-0.25, -0.2) is 0 Å². The number of hydrazine groups is 1. The minimum Gasteiger partial charge on any atom is -0.504 e. The summed E-state index contributed by atoms with van der Waals surface area (Å²) in [7, 11) is 1.44. The minimum atomic E-state index is -0.419. The van der Waals surface area contributed by atoms with E-state index in [-0.39, 0.29) is 10.1 Å². The van der Waals surface area contributed by atoms with Gasteiger partial charge < -0.3 is 9.84 Å². The Morgan fingerprint density at radius 2 is 1.96 bits per heavy atom. The van der Waals surface area contributed by atoms with Gasteiger partial charge in [-0.05, 0) is 55.0 Å². The molecule has 0 bridgehead atoms. The van der Waals surface area contributed by atoms with E-state index in [1.54, 1.807) is 30.3 Å². The molecule has 3 rings (SSSR count). The number of carbonyl (C=O) groups is 2. The highest BCUT2D eigenvalue weighted by Gasteiger charge is 2.33. The number of thioether (sulfide) groups is 1. The van der Waals surface area contributed by atoms with Gasteiger partial charge in [-0.1, -0.05) is 35.5 Å². The molecule has 0 aliphatic carbocycles. The minimum absolute atomic E-state index is 0.00700. The monoisotopic (exact) mass is 400 g/mol. The molecule has 27 heavy (non-hydrogen) atoms. The number of carbonyl (C=O) groups excluding carboxylic acids is 2. The number of nitrogens with one attached hydrogen (secondary N) is 1. The van der Waals surface area contributed by atoms with Crippen LogP contribution in [0.1, 0.15) is 21.5 Å². The van der Waals surface area contributed by atoms with Crippen LogP contribution < -0.4 is 10.2 Å². The Morgan fingerprint density at radius 1 is 1.26 bits per heavy atom. The van der Waals surface area contributed by atoms with Crippen LogP contribution in [-0.2, 0) is 4.79 Å². The molecule has 2 amide bonds. The number of ether oxygens (including phenoxy) is 1. The maximum Gasteiger partial charge on any atom is 0.285 e. The van der Waals surface area contributed by atoms with E-state index < -0.39 is 11.8 Å².